The predicted octanol–water partition coefficient (Wildman–Crippen LogP) is 5.81. The summed E-state index contributed by atoms with van der Waals surface area (Å²) in [6.45, 7) is 0.478. The number of nitrogens with two attached hydrogens (primary N) is 1. The molecule has 0 aromatic rings. The third kappa shape index (κ3) is 26.4. The summed E-state index contributed by atoms with van der Waals surface area (Å²) in [6.07, 6.45) is 25.4. The van der Waals surface area contributed by atoms with Crippen molar-refractivity contribution in [3.63, 3.8) is 0 Å². The number of aliphatic hydroxyl groups is 1. The Bertz CT molecular complexity index is 730. The summed E-state index contributed by atoms with van der Waals surface area (Å²) in [5.41, 5.74) is 5.16. The molecule has 0 fully saturated rings. The highest BCUT2D eigenvalue weighted by molar-refractivity contribution is 7.47. The topological polar surface area (TPSA) is 166 Å². The summed E-state index contributed by atoms with van der Waals surface area (Å²) in [5, 5.41) is 18.4. The summed E-state index contributed by atoms with van der Waals surface area (Å²) < 4.78 is 25.6. The summed E-state index contributed by atoms with van der Waals surface area (Å²) in [4.78, 5) is 31.8. The zero-order chi connectivity index (χ0) is 29.2. The van der Waals surface area contributed by atoms with E-state index in [0.29, 0.717) is 6.42 Å². The van der Waals surface area contributed by atoms with E-state index in [-0.39, 0.29) is 13.0 Å². The molecule has 5 N–H and O–H groups in total. The molecule has 0 rings (SSSR count). The summed E-state index contributed by atoms with van der Waals surface area (Å²) in [6, 6.07) is -1.49. The maximum atomic E-state index is 11.8. The highest BCUT2D eigenvalue weighted by atomic mass is 31.2. The Morgan fingerprint density at radius 1 is 0.795 bits per heavy atom. The van der Waals surface area contributed by atoms with Crippen LogP contribution in [0.15, 0.2) is 24.3 Å². The Labute approximate surface area is 234 Å². The fourth-order valence-electron chi connectivity index (χ4n) is 3.56. The van der Waals surface area contributed by atoms with Crippen molar-refractivity contribution in [3.8, 4) is 0 Å². The summed E-state index contributed by atoms with van der Waals surface area (Å²) >= 11 is 0. The fourth-order valence-corrected chi connectivity index (χ4v) is 4.34. The van der Waals surface area contributed by atoms with Crippen LogP contribution in [0, 0.1) is 0 Å². The van der Waals surface area contributed by atoms with Crippen molar-refractivity contribution in [2.45, 2.75) is 122 Å². The minimum Gasteiger partial charge on any atom is -0.480 e. The van der Waals surface area contributed by atoms with Crippen molar-refractivity contribution < 1.29 is 43.0 Å². The number of carbonyl (C=O) groups is 2. The van der Waals surface area contributed by atoms with Crippen LogP contribution in [0.3, 0.4) is 0 Å². The largest absolute Gasteiger partial charge is 0.480 e. The van der Waals surface area contributed by atoms with Crippen LogP contribution in [-0.2, 0) is 27.9 Å². The third-order valence-electron chi connectivity index (χ3n) is 5.93. The van der Waals surface area contributed by atoms with E-state index in [1.807, 2.05) is 0 Å². The van der Waals surface area contributed by atoms with Gasteiger partial charge in [0, 0.05) is 6.42 Å². The number of carboxylic acid groups (broad SMARTS) is 1. The number of hydrogen-bond acceptors (Lipinski definition) is 8. The van der Waals surface area contributed by atoms with Gasteiger partial charge in [0.15, 0.2) is 0 Å². The first-order valence-corrected chi connectivity index (χ1v) is 15.9. The van der Waals surface area contributed by atoms with Gasteiger partial charge in [0.25, 0.3) is 0 Å². The molecule has 0 aliphatic carbocycles. The fraction of sp³-hybridized carbons (Fsp3) is 0.786. The molecular formula is C28H52NO9P. The van der Waals surface area contributed by atoms with Crippen LogP contribution in [0.1, 0.15) is 110 Å². The van der Waals surface area contributed by atoms with Crippen LogP contribution in [0.2, 0.25) is 0 Å². The number of aliphatic carboxylic acids is 1. The van der Waals surface area contributed by atoms with Crippen molar-refractivity contribution in [3.05, 3.63) is 24.3 Å². The van der Waals surface area contributed by atoms with Crippen molar-refractivity contribution >= 4 is 19.8 Å². The average Bonchev–Trinajstić information content (AvgIpc) is 2.90. The lowest BCUT2D eigenvalue weighted by Crippen LogP contribution is -2.34. The lowest BCUT2D eigenvalue weighted by atomic mass is 10.1. The van der Waals surface area contributed by atoms with Gasteiger partial charge in [-0.25, -0.2) is 4.57 Å². The van der Waals surface area contributed by atoms with Crippen molar-refractivity contribution in [2.24, 2.45) is 5.73 Å². The highest BCUT2D eigenvalue weighted by Gasteiger charge is 2.26. The molecule has 0 aliphatic heterocycles. The van der Waals surface area contributed by atoms with Crippen LogP contribution in [0.25, 0.3) is 0 Å². The van der Waals surface area contributed by atoms with Crippen molar-refractivity contribution in [1.82, 2.24) is 0 Å². The second-order valence-corrected chi connectivity index (χ2v) is 11.2. The van der Waals surface area contributed by atoms with Gasteiger partial charge in [-0.3, -0.25) is 18.6 Å². The van der Waals surface area contributed by atoms with Gasteiger partial charge < -0.3 is 25.6 Å². The number of rotatable bonds is 27. The number of unbranched alkanes of at least 4 members (excludes halogenated alkanes) is 12. The number of ether oxygens (including phenoxy) is 1. The number of carboxylic acids is 1. The van der Waals surface area contributed by atoms with Gasteiger partial charge in [0.1, 0.15) is 18.8 Å². The first-order chi connectivity index (χ1) is 18.7. The standard InChI is InChI=1S/C28H52NO9P/c1-2-3-4-5-6-7-8-9-10-11-12-13-14-15-16-17-18-19-20-21-27(31)36-22-25(30)23-37-39(34,35)38-24-26(29)28(32)33/h6-7,9-10,25-26,30H,2-5,8,11-24,29H2,1H3,(H,32,33)(H,34,35)/b7-6-,10-9-. The normalized spacial score (nSPS) is 15.0. The van der Waals surface area contributed by atoms with Gasteiger partial charge in [-0.15, -0.1) is 0 Å². The molecule has 0 heterocycles. The Kier molecular flexibility index (Phi) is 24.4. The van der Waals surface area contributed by atoms with Crippen LogP contribution >= 0.6 is 7.82 Å². The number of allylic oxidation sites excluding steroid dienone is 4. The number of esters is 1. The van der Waals surface area contributed by atoms with E-state index in [9.17, 15) is 24.2 Å². The molecule has 0 spiro atoms. The zero-order valence-electron chi connectivity index (χ0n) is 23.7. The molecule has 11 heteroatoms. The lowest BCUT2D eigenvalue weighted by Gasteiger charge is -2.16. The van der Waals surface area contributed by atoms with E-state index < -0.39 is 45.1 Å². The second-order valence-electron chi connectivity index (χ2n) is 9.74. The lowest BCUT2D eigenvalue weighted by molar-refractivity contribution is -0.147. The van der Waals surface area contributed by atoms with E-state index in [4.69, 9.17) is 15.6 Å². The number of phosphoric acid groups is 1. The molecule has 0 radical (unpaired) electrons. The minimum atomic E-state index is -4.59. The first kappa shape index (κ1) is 37.5. The smallest absolute Gasteiger partial charge is 0.472 e. The Balaban J connectivity index is 3.55. The second kappa shape index (κ2) is 25.4. The van der Waals surface area contributed by atoms with Crippen molar-refractivity contribution in [2.75, 3.05) is 19.8 Å². The number of aliphatic hydroxyl groups excluding tert-OH is 1. The van der Waals surface area contributed by atoms with Gasteiger partial charge >= 0.3 is 19.8 Å². The molecule has 0 aromatic carbocycles. The predicted molar refractivity (Wildman–Crippen MR) is 152 cm³/mol. The third-order valence-corrected chi connectivity index (χ3v) is 6.88. The summed E-state index contributed by atoms with van der Waals surface area (Å²) in [5.74, 6) is -1.86. The molecule has 0 aliphatic rings. The van der Waals surface area contributed by atoms with E-state index >= 15 is 0 Å². The van der Waals surface area contributed by atoms with Gasteiger partial charge in [-0.1, -0.05) is 89.0 Å². The molecule has 0 saturated carbocycles. The van der Waals surface area contributed by atoms with Gasteiger partial charge in [0.2, 0.25) is 0 Å². The quantitative estimate of drug-likeness (QED) is 0.0405. The number of carbonyl (C=O) groups excluding carboxylic acids is 1. The minimum absolute atomic E-state index is 0.241. The Hall–Kier alpha value is -1.55. The van der Waals surface area contributed by atoms with Crippen LogP contribution in [-0.4, -0.2) is 59.0 Å². The molecule has 0 aromatic heterocycles. The van der Waals surface area contributed by atoms with E-state index in [1.54, 1.807) is 0 Å². The maximum Gasteiger partial charge on any atom is 0.472 e. The molecule has 0 saturated heterocycles. The van der Waals surface area contributed by atoms with E-state index in [0.717, 1.165) is 32.1 Å². The highest BCUT2D eigenvalue weighted by Crippen LogP contribution is 2.43. The molecule has 10 nitrogen and oxygen atoms in total. The van der Waals surface area contributed by atoms with E-state index in [1.165, 1.54) is 57.8 Å². The SMILES string of the molecule is CCCCC/C=C\C/C=C\CCCCCCCCCCCC(=O)OCC(O)COP(=O)(O)OCC(N)C(=O)O. The van der Waals surface area contributed by atoms with Gasteiger partial charge in [-0.05, 0) is 38.5 Å². The molecule has 0 amide bonds. The number of hydrogen-bond donors (Lipinski definition) is 4. The van der Waals surface area contributed by atoms with Crippen molar-refractivity contribution in [1.29, 1.82) is 0 Å². The van der Waals surface area contributed by atoms with Gasteiger partial charge in [0.05, 0.1) is 13.2 Å². The maximum absolute atomic E-state index is 11.8. The van der Waals surface area contributed by atoms with Gasteiger partial charge in [-0.2, -0.15) is 0 Å². The van der Waals surface area contributed by atoms with Crippen LogP contribution in [0.5, 0.6) is 0 Å². The number of phosphoric ester groups is 1. The molecule has 3 atom stereocenters. The van der Waals surface area contributed by atoms with E-state index in [2.05, 4.69) is 40.3 Å². The Morgan fingerprint density at radius 2 is 1.31 bits per heavy atom. The average molecular weight is 578 g/mol. The first-order valence-electron chi connectivity index (χ1n) is 14.4. The molecule has 0 bridgehead atoms. The Morgan fingerprint density at radius 3 is 1.87 bits per heavy atom. The summed E-state index contributed by atoms with van der Waals surface area (Å²) in [7, 11) is -4.59. The monoisotopic (exact) mass is 577 g/mol. The molecule has 228 valence electrons. The molecule has 39 heavy (non-hydrogen) atoms. The molecule has 3 unspecified atom stereocenters. The molecular weight excluding hydrogens is 525 g/mol. The van der Waals surface area contributed by atoms with Crippen LogP contribution < -0.4 is 5.73 Å². The zero-order valence-corrected chi connectivity index (χ0v) is 24.6. The van der Waals surface area contributed by atoms with Crippen LogP contribution in [0.4, 0.5) is 0 Å².